The van der Waals surface area contributed by atoms with E-state index >= 15 is 0 Å². The molecule has 38 heavy (non-hydrogen) atoms. The van der Waals surface area contributed by atoms with Crippen molar-refractivity contribution < 1.29 is 0 Å². The van der Waals surface area contributed by atoms with Gasteiger partial charge in [0.05, 0.1) is 21.8 Å². The van der Waals surface area contributed by atoms with E-state index in [-0.39, 0.29) is 10.9 Å². The molecule has 0 spiro atoms. The first-order chi connectivity index (χ1) is 18.7. The Morgan fingerprint density at radius 3 is 1.11 bits per heavy atom. The van der Waals surface area contributed by atoms with E-state index in [0.29, 0.717) is 32.6 Å². The summed E-state index contributed by atoms with van der Waals surface area (Å²) in [6.07, 6.45) is 0. The number of aromatic nitrogens is 2. The van der Waals surface area contributed by atoms with Gasteiger partial charge in [0.15, 0.2) is 10.9 Å². The lowest BCUT2D eigenvalue weighted by Crippen LogP contribution is -2.11. The molecule has 0 aliphatic rings. The summed E-state index contributed by atoms with van der Waals surface area (Å²) in [6, 6.07) is 31.9. The molecule has 4 nitrogen and oxygen atoms in total. The number of rotatable bonds is 0. The van der Waals surface area contributed by atoms with Crippen LogP contribution in [-0.4, -0.2) is 9.97 Å². The summed E-state index contributed by atoms with van der Waals surface area (Å²) >= 11 is 0. The highest BCUT2D eigenvalue weighted by Crippen LogP contribution is 2.44. The third kappa shape index (κ3) is 2.22. The van der Waals surface area contributed by atoms with E-state index in [4.69, 9.17) is 0 Å². The van der Waals surface area contributed by atoms with Crippen molar-refractivity contribution in [2.45, 2.75) is 0 Å². The summed E-state index contributed by atoms with van der Waals surface area (Å²) in [5, 5.41) is 10.0. The van der Waals surface area contributed by atoms with E-state index in [9.17, 15) is 9.59 Å². The SMILES string of the molecule is O=c1c2ccccc2c2c3ccccc3[nH]c3c4c(=O)c5ccccc5c5c6ccccc6[nH]c(c1c32)c45. The van der Waals surface area contributed by atoms with Crippen molar-refractivity contribution in [3.05, 3.63) is 118 Å². The number of pyridine rings is 2. The van der Waals surface area contributed by atoms with Crippen molar-refractivity contribution in [1.29, 1.82) is 0 Å². The van der Waals surface area contributed by atoms with Gasteiger partial charge in [-0.3, -0.25) is 9.59 Å². The van der Waals surface area contributed by atoms with Crippen molar-refractivity contribution in [2.24, 2.45) is 0 Å². The molecule has 0 aliphatic heterocycles. The number of H-pyrrole nitrogens is 2. The lowest BCUT2D eigenvalue weighted by Gasteiger charge is -2.19. The number of aromatic amines is 2. The van der Waals surface area contributed by atoms with Crippen LogP contribution in [0.25, 0.3) is 86.7 Å². The largest absolute Gasteiger partial charge is 0.354 e. The Morgan fingerprint density at radius 1 is 0.342 bits per heavy atom. The molecule has 0 radical (unpaired) electrons. The Morgan fingerprint density at radius 2 is 0.684 bits per heavy atom. The van der Waals surface area contributed by atoms with Gasteiger partial charge < -0.3 is 9.97 Å². The first-order valence-electron chi connectivity index (χ1n) is 12.7. The van der Waals surface area contributed by atoms with Crippen molar-refractivity contribution >= 4 is 86.7 Å². The summed E-state index contributed by atoms with van der Waals surface area (Å²) in [4.78, 5) is 35.8. The second kappa shape index (κ2) is 6.75. The van der Waals surface area contributed by atoms with E-state index in [1.54, 1.807) is 0 Å². The zero-order valence-electron chi connectivity index (χ0n) is 20.1. The van der Waals surface area contributed by atoms with Crippen molar-refractivity contribution in [3.63, 3.8) is 0 Å². The average Bonchev–Trinajstić information content (AvgIpc) is 2.97. The summed E-state index contributed by atoms with van der Waals surface area (Å²) in [7, 11) is 0. The van der Waals surface area contributed by atoms with E-state index in [1.807, 2.05) is 84.9 Å². The zero-order valence-corrected chi connectivity index (χ0v) is 20.1. The Bertz CT molecular complexity index is 2420. The minimum atomic E-state index is -0.0304. The maximum absolute atomic E-state index is 14.3. The van der Waals surface area contributed by atoms with Gasteiger partial charge in [-0.15, -0.1) is 0 Å². The fraction of sp³-hybridized carbons (Fsp3) is 0. The standard InChI is InChI=1S/C34H18N2O2/c37-33-19-11-3-1-9-17(19)25-21-13-5-7-15-23(21)35-31-27(25)29(33)32-28-26(22-14-6-8-16-24(22)36-32)18-10-2-4-12-20(18)34(38)30(28)31/h1-16,35-36H. The van der Waals surface area contributed by atoms with Crippen LogP contribution in [0.3, 0.4) is 0 Å². The third-order valence-corrected chi connectivity index (χ3v) is 8.25. The van der Waals surface area contributed by atoms with Crippen LogP contribution >= 0.6 is 0 Å². The summed E-state index contributed by atoms with van der Waals surface area (Å²) in [5.41, 5.74) is 3.23. The van der Waals surface area contributed by atoms with Gasteiger partial charge in [0.1, 0.15) is 0 Å². The van der Waals surface area contributed by atoms with Crippen molar-refractivity contribution in [2.75, 3.05) is 0 Å². The number of hydrogen-bond donors (Lipinski definition) is 2. The molecule has 2 aromatic heterocycles. The van der Waals surface area contributed by atoms with Crippen LogP contribution in [0.2, 0.25) is 0 Å². The molecule has 4 heteroatoms. The highest BCUT2D eigenvalue weighted by Gasteiger charge is 2.24. The van der Waals surface area contributed by atoms with E-state index in [1.165, 1.54) is 0 Å². The van der Waals surface area contributed by atoms with Gasteiger partial charge in [-0.05, 0) is 22.9 Å². The molecule has 0 unspecified atom stereocenters. The zero-order chi connectivity index (χ0) is 25.1. The predicted molar refractivity (Wildman–Crippen MR) is 159 cm³/mol. The van der Waals surface area contributed by atoms with E-state index in [2.05, 4.69) is 22.1 Å². The molecule has 0 bridgehead atoms. The average molecular weight is 487 g/mol. The Kier molecular flexibility index (Phi) is 3.54. The van der Waals surface area contributed by atoms with E-state index < -0.39 is 0 Å². The Labute approximate surface area is 214 Å². The number of fused-ring (bicyclic) bond motifs is 10. The summed E-state index contributed by atoms with van der Waals surface area (Å²) < 4.78 is 0. The van der Waals surface area contributed by atoms with Gasteiger partial charge >= 0.3 is 0 Å². The van der Waals surface area contributed by atoms with Gasteiger partial charge in [-0.1, -0.05) is 84.9 Å². The maximum atomic E-state index is 14.3. The number of hydrogen-bond acceptors (Lipinski definition) is 2. The highest BCUT2D eigenvalue weighted by molar-refractivity contribution is 6.42. The Balaban J connectivity index is 1.81. The topological polar surface area (TPSA) is 65.7 Å². The third-order valence-electron chi connectivity index (χ3n) is 8.25. The van der Waals surface area contributed by atoms with Crippen LogP contribution in [0.4, 0.5) is 0 Å². The van der Waals surface area contributed by atoms with Gasteiger partial charge in [-0.25, -0.2) is 0 Å². The molecular weight excluding hydrogens is 468 g/mol. The van der Waals surface area contributed by atoms with Gasteiger partial charge in [0.25, 0.3) is 0 Å². The molecule has 2 heterocycles. The molecule has 7 aromatic carbocycles. The lowest BCUT2D eigenvalue weighted by atomic mass is 9.87. The fourth-order valence-corrected chi connectivity index (χ4v) is 6.74. The van der Waals surface area contributed by atoms with Crippen LogP contribution in [0.5, 0.6) is 0 Å². The second-order valence-corrected chi connectivity index (χ2v) is 10.1. The molecule has 2 N–H and O–H groups in total. The lowest BCUT2D eigenvalue weighted by molar-refractivity contribution is 1.50. The molecule has 9 aromatic rings. The van der Waals surface area contributed by atoms with Crippen LogP contribution in [0.15, 0.2) is 107 Å². The highest BCUT2D eigenvalue weighted by atomic mass is 16.1. The molecule has 0 saturated heterocycles. The van der Waals surface area contributed by atoms with Gasteiger partial charge in [-0.2, -0.15) is 0 Å². The minimum Gasteiger partial charge on any atom is -0.354 e. The number of para-hydroxylation sites is 2. The smallest absolute Gasteiger partial charge is 0.196 e. The van der Waals surface area contributed by atoms with Gasteiger partial charge in [0, 0.05) is 54.1 Å². The fourth-order valence-electron chi connectivity index (χ4n) is 6.74. The van der Waals surface area contributed by atoms with Crippen LogP contribution in [0.1, 0.15) is 0 Å². The van der Waals surface area contributed by atoms with E-state index in [0.717, 1.165) is 54.1 Å². The minimum absolute atomic E-state index is 0.0304. The molecule has 0 saturated carbocycles. The number of benzene rings is 7. The van der Waals surface area contributed by atoms with Crippen LogP contribution in [0, 0.1) is 0 Å². The molecule has 176 valence electrons. The normalized spacial score (nSPS) is 12.4. The number of nitrogens with one attached hydrogen (secondary N) is 2. The summed E-state index contributed by atoms with van der Waals surface area (Å²) in [5.74, 6) is 0. The molecule has 0 aliphatic carbocycles. The first-order valence-corrected chi connectivity index (χ1v) is 12.7. The molecule has 0 amide bonds. The second-order valence-electron chi connectivity index (χ2n) is 10.1. The van der Waals surface area contributed by atoms with Gasteiger partial charge in [0.2, 0.25) is 0 Å². The quantitative estimate of drug-likeness (QED) is 0.170. The molecular formula is C34H18N2O2. The first kappa shape index (κ1) is 19.9. The summed E-state index contributed by atoms with van der Waals surface area (Å²) in [6.45, 7) is 0. The van der Waals surface area contributed by atoms with Crippen molar-refractivity contribution in [1.82, 2.24) is 9.97 Å². The van der Waals surface area contributed by atoms with Crippen molar-refractivity contribution in [3.8, 4) is 0 Å². The molecule has 9 rings (SSSR count). The predicted octanol–water partition coefficient (Wildman–Crippen LogP) is 7.73. The monoisotopic (exact) mass is 486 g/mol. The maximum Gasteiger partial charge on any atom is 0.196 e. The Hall–Kier alpha value is -5.22. The molecule has 0 atom stereocenters. The van der Waals surface area contributed by atoms with Crippen LogP contribution < -0.4 is 10.9 Å². The van der Waals surface area contributed by atoms with Crippen LogP contribution in [-0.2, 0) is 0 Å². The molecule has 0 fully saturated rings.